The number of rotatable bonds is 4. The summed E-state index contributed by atoms with van der Waals surface area (Å²) in [6, 6.07) is 0. The Bertz CT molecular complexity index is 333. The van der Waals surface area contributed by atoms with Crippen LogP contribution in [0.15, 0.2) is 0 Å². The minimum absolute atomic E-state index is 0.108. The highest BCUT2D eigenvalue weighted by molar-refractivity contribution is 7.17. The molecule has 0 bridgehead atoms. The average Bonchev–Trinajstić information content (AvgIpc) is 2.48. The van der Waals surface area contributed by atoms with Gasteiger partial charge in [0.1, 0.15) is 0 Å². The zero-order chi connectivity index (χ0) is 10.7. The predicted molar refractivity (Wildman–Crippen MR) is 60.4 cm³/mol. The quantitative estimate of drug-likeness (QED) is 0.719. The van der Waals surface area contributed by atoms with E-state index in [-0.39, 0.29) is 5.78 Å². The number of carbonyl (C=O) groups is 1. The molecule has 14 heavy (non-hydrogen) atoms. The highest BCUT2D eigenvalue weighted by Crippen LogP contribution is 2.25. The second-order valence-electron chi connectivity index (χ2n) is 3.39. The summed E-state index contributed by atoms with van der Waals surface area (Å²) in [6.07, 6.45) is 1.09. The van der Waals surface area contributed by atoms with Crippen LogP contribution in [-0.4, -0.2) is 24.4 Å². The molecule has 1 aromatic rings. The molecule has 0 spiro atoms. The van der Waals surface area contributed by atoms with E-state index in [1.54, 1.807) is 6.92 Å². The zero-order valence-electron chi connectivity index (χ0n) is 9.13. The fourth-order valence-corrected chi connectivity index (χ4v) is 2.25. The van der Waals surface area contributed by atoms with Gasteiger partial charge in [-0.3, -0.25) is 4.79 Å². The van der Waals surface area contributed by atoms with Gasteiger partial charge in [0.15, 0.2) is 10.9 Å². The minimum Gasteiger partial charge on any atom is -0.351 e. The van der Waals surface area contributed by atoms with Crippen LogP contribution in [0.25, 0.3) is 0 Å². The maximum absolute atomic E-state index is 11.2. The Balaban J connectivity index is 2.90. The van der Waals surface area contributed by atoms with E-state index in [0.29, 0.717) is 0 Å². The Morgan fingerprint density at radius 1 is 1.57 bits per heavy atom. The molecule has 78 valence electrons. The van der Waals surface area contributed by atoms with Gasteiger partial charge in [0.05, 0.1) is 10.6 Å². The first kappa shape index (κ1) is 11.2. The Morgan fingerprint density at radius 3 is 2.64 bits per heavy atom. The molecule has 3 nitrogen and oxygen atoms in total. The maximum atomic E-state index is 11.2. The van der Waals surface area contributed by atoms with E-state index in [1.165, 1.54) is 11.3 Å². The standard InChI is InChI=1S/C10H16N2OS/c1-5-6-12(4)10-11-7(2)9(14-10)8(3)13/h5-6H2,1-4H3. The zero-order valence-corrected chi connectivity index (χ0v) is 9.94. The smallest absolute Gasteiger partial charge is 0.185 e. The molecule has 1 heterocycles. The number of hydrogen-bond acceptors (Lipinski definition) is 4. The van der Waals surface area contributed by atoms with Crippen molar-refractivity contribution in [2.45, 2.75) is 27.2 Å². The fraction of sp³-hybridized carbons (Fsp3) is 0.600. The molecular formula is C10H16N2OS. The van der Waals surface area contributed by atoms with E-state index in [9.17, 15) is 4.79 Å². The molecule has 4 heteroatoms. The van der Waals surface area contributed by atoms with E-state index in [0.717, 1.165) is 28.7 Å². The van der Waals surface area contributed by atoms with E-state index >= 15 is 0 Å². The lowest BCUT2D eigenvalue weighted by molar-refractivity contribution is 0.102. The second kappa shape index (κ2) is 4.55. The van der Waals surface area contributed by atoms with E-state index in [4.69, 9.17) is 0 Å². The molecule has 0 radical (unpaired) electrons. The Morgan fingerprint density at radius 2 is 2.21 bits per heavy atom. The molecule has 0 saturated heterocycles. The molecule has 0 aliphatic rings. The summed E-state index contributed by atoms with van der Waals surface area (Å²) < 4.78 is 0. The van der Waals surface area contributed by atoms with Crippen molar-refractivity contribution in [3.05, 3.63) is 10.6 Å². The predicted octanol–water partition coefficient (Wildman–Crippen LogP) is 2.50. The third-order valence-electron chi connectivity index (χ3n) is 1.99. The number of carbonyl (C=O) groups excluding carboxylic acids is 1. The van der Waals surface area contributed by atoms with Gasteiger partial charge in [0, 0.05) is 20.5 Å². The third-order valence-corrected chi connectivity index (χ3v) is 3.36. The van der Waals surface area contributed by atoms with Crippen LogP contribution in [0.3, 0.4) is 0 Å². The molecule has 1 rings (SSSR count). The van der Waals surface area contributed by atoms with Crippen LogP contribution in [0.5, 0.6) is 0 Å². The molecule has 0 N–H and O–H groups in total. The second-order valence-corrected chi connectivity index (χ2v) is 4.37. The first-order chi connectivity index (χ1) is 6.56. The summed E-state index contributed by atoms with van der Waals surface area (Å²) in [5.41, 5.74) is 0.848. The molecule has 1 aromatic heterocycles. The molecule has 0 amide bonds. The topological polar surface area (TPSA) is 33.2 Å². The van der Waals surface area contributed by atoms with Gasteiger partial charge in [0.2, 0.25) is 0 Å². The molecule has 0 aliphatic carbocycles. The summed E-state index contributed by atoms with van der Waals surface area (Å²) in [7, 11) is 2.01. The first-order valence-corrected chi connectivity index (χ1v) is 5.57. The molecule has 0 unspecified atom stereocenters. The van der Waals surface area contributed by atoms with E-state index in [2.05, 4.69) is 16.8 Å². The number of anilines is 1. The Hall–Kier alpha value is -0.900. The van der Waals surface area contributed by atoms with Gasteiger partial charge in [-0.15, -0.1) is 0 Å². The van der Waals surface area contributed by atoms with Gasteiger partial charge in [-0.2, -0.15) is 0 Å². The van der Waals surface area contributed by atoms with Gasteiger partial charge in [-0.1, -0.05) is 18.3 Å². The normalized spacial score (nSPS) is 10.3. The number of hydrogen-bond donors (Lipinski definition) is 0. The Labute approximate surface area is 88.8 Å². The van der Waals surface area contributed by atoms with Gasteiger partial charge < -0.3 is 4.90 Å². The first-order valence-electron chi connectivity index (χ1n) is 4.75. The number of nitrogens with zero attached hydrogens (tertiary/aromatic N) is 2. The van der Waals surface area contributed by atoms with Gasteiger partial charge in [-0.05, 0) is 13.3 Å². The number of thiazole rings is 1. The van der Waals surface area contributed by atoms with Gasteiger partial charge in [-0.25, -0.2) is 4.98 Å². The monoisotopic (exact) mass is 212 g/mol. The average molecular weight is 212 g/mol. The van der Waals surface area contributed by atoms with Crippen molar-refractivity contribution >= 4 is 22.3 Å². The van der Waals surface area contributed by atoms with Crippen molar-refractivity contribution in [3.8, 4) is 0 Å². The van der Waals surface area contributed by atoms with Crippen molar-refractivity contribution in [2.24, 2.45) is 0 Å². The summed E-state index contributed by atoms with van der Waals surface area (Å²) in [4.78, 5) is 18.5. The molecule has 0 fully saturated rings. The summed E-state index contributed by atoms with van der Waals surface area (Å²) >= 11 is 1.48. The van der Waals surface area contributed by atoms with Crippen molar-refractivity contribution < 1.29 is 4.79 Å². The fourth-order valence-electron chi connectivity index (χ4n) is 1.30. The lowest BCUT2D eigenvalue weighted by Crippen LogP contribution is -2.17. The summed E-state index contributed by atoms with van der Waals surface area (Å²) in [5, 5.41) is 0.939. The van der Waals surface area contributed by atoms with E-state index in [1.807, 2.05) is 14.0 Å². The van der Waals surface area contributed by atoms with Crippen LogP contribution in [0.1, 0.15) is 35.6 Å². The molecule has 0 aromatic carbocycles. The van der Waals surface area contributed by atoms with Crippen LogP contribution < -0.4 is 4.90 Å². The molecular weight excluding hydrogens is 196 g/mol. The lowest BCUT2D eigenvalue weighted by Gasteiger charge is -2.13. The summed E-state index contributed by atoms with van der Waals surface area (Å²) in [5.74, 6) is 0.108. The largest absolute Gasteiger partial charge is 0.351 e. The highest BCUT2D eigenvalue weighted by atomic mass is 32.1. The number of aromatic nitrogens is 1. The van der Waals surface area contributed by atoms with Crippen molar-refractivity contribution in [3.63, 3.8) is 0 Å². The van der Waals surface area contributed by atoms with Crippen molar-refractivity contribution in [2.75, 3.05) is 18.5 Å². The van der Waals surface area contributed by atoms with Crippen molar-refractivity contribution in [1.29, 1.82) is 0 Å². The van der Waals surface area contributed by atoms with Crippen LogP contribution in [0.2, 0.25) is 0 Å². The summed E-state index contributed by atoms with van der Waals surface area (Å²) in [6.45, 7) is 6.58. The van der Waals surface area contributed by atoms with Crippen LogP contribution >= 0.6 is 11.3 Å². The van der Waals surface area contributed by atoms with Crippen molar-refractivity contribution in [1.82, 2.24) is 4.98 Å². The van der Waals surface area contributed by atoms with Crippen LogP contribution in [-0.2, 0) is 0 Å². The maximum Gasteiger partial charge on any atom is 0.185 e. The van der Waals surface area contributed by atoms with Crippen LogP contribution in [0, 0.1) is 6.92 Å². The Kier molecular flexibility index (Phi) is 3.63. The number of Topliss-reactive ketones (excluding diaryl/α,β-unsaturated/α-hetero) is 1. The number of aryl methyl sites for hydroxylation is 1. The highest BCUT2D eigenvalue weighted by Gasteiger charge is 2.13. The molecule has 0 atom stereocenters. The SMILES string of the molecule is CCCN(C)c1nc(C)c(C(C)=O)s1. The third kappa shape index (κ3) is 2.32. The molecule has 0 aliphatic heterocycles. The van der Waals surface area contributed by atoms with Gasteiger partial charge >= 0.3 is 0 Å². The lowest BCUT2D eigenvalue weighted by atomic mass is 10.3. The number of ketones is 1. The van der Waals surface area contributed by atoms with Gasteiger partial charge in [0.25, 0.3) is 0 Å². The minimum atomic E-state index is 0.108. The van der Waals surface area contributed by atoms with E-state index < -0.39 is 0 Å². The molecule has 0 saturated carbocycles. The van der Waals surface area contributed by atoms with Crippen LogP contribution in [0.4, 0.5) is 5.13 Å².